The van der Waals surface area contributed by atoms with Crippen LogP contribution in [-0.4, -0.2) is 32.7 Å². The molecule has 1 aromatic carbocycles. The largest absolute Gasteiger partial charge is 0.389 e. The summed E-state index contributed by atoms with van der Waals surface area (Å²) in [6.07, 6.45) is -0.147. The molecule has 0 spiro atoms. The van der Waals surface area contributed by atoms with Gasteiger partial charge in [-0.2, -0.15) is 0 Å². The number of sulfonamides is 1. The lowest BCUT2D eigenvalue weighted by molar-refractivity contribution is 0.0799. The molecule has 5 nitrogen and oxygen atoms in total. The second-order valence-electron chi connectivity index (χ2n) is 4.43. The summed E-state index contributed by atoms with van der Waals surface area (Å²) in [7, 11) is -3.38. The van der Waals surface area contributed by atoms with E-state index in [1.54, 1.807) is 24.3 Å². The summed E-state index contributed by atoms with van der Waals surface area (Å²) >= 11 is 4.84. The van der Waals surface area contributed by atoms with E-state index in [0.717, 1.165) is 5.56 Å². The predicted molar refractivity (Wildman–Crippen MR) is 84.0 cm³/mol. The third-order valence-corrected chi connectivity index (χ3v) is 4.19. The number of ether oxygens (including phenoxy) is 1. The summed E-state index contributed by atoms with van der Waals surface area (Å²) in [6.45, 7) is 4.52. The Hall–Kier alpha value is -1.02. The van der Waals surface area contributed by atoms with Crippen molar-refractivity contribution in [3.05, 3.63) is 35.4 Å². The lowest BCUT2D eigenvalue weighted by Crippen LogP contribution is -2.33. The van der Waals surface area contributed by atoms with Gasteiger partial charge in [0.25, 0.3) is 0 Å². The van der Waals surface area contributed by atoms with Crippen LogP contribution < -0.4 is 10.5 Å². The molecule has 112 valence electrons. The zero-order valence-corrected chi connectivity index (χ0v) is 13.3. The van der Waals surface area contributed by atoms with E-state index in [9.17, 15) is 8.42 Å². The molecule has 0 aliphatic carbocycles. The van der Waals surface area contributed by atoms with Crippen molar-refractivity contribution < 1.29 is 13.2 Å². The quantitative estimate of drug-likeness (QED) is 0.704. The summed E-state index contributed by atoms with van der Waals surface area (Å²) in [6, 6.07) is 6.85. The number of nitrogens with two attached hydrogens (primary N) is 1. The number of thiocarbonyl (C=S) groups is 1. The molecule has 1 unspecified atom stereocenters. The summed E-state index contributed by atoms with van der Waals surface area (Å²) in [4.78, 5) is 0.295. The molecule has 0 aliphatic rings. The lowest BCUT2D eigenvalue weighted by atomic mass is 10.1. The van der Waals surface area contributed by atoms with Crippen molar-refractivity contribution in [2.75, 3.05) is 13.2 Å². The molecule has 20 heavy (non-hydrogen) atoms. The van der Waals surface area contributed by atoms with Crippen LogP contribution >= 0.6 is 12.2 Å². The molecule has 0 aromatic heterocycles. The van der Waals surface area contributed by atoms with Crippen molar-refractivity contribution in [2.24, 2.45) is 5.73 Å². The molecule has 0 fully saturated rings. The van der Waals surface area contributed by atoms with Crippen molar-refractivity contribution in [1.82, 2.24) is 4.72 Å². The fourth-order valence-corrected chi connectivity index (χ4v) is 2.98. The first-order chi connectivity index (χ1) is 9.34. The van der Waals surface area contributed by atoms with Gasteiger partial charge in [-0.15, -0.1) is 0 Å². The maximum Gasteiger partial charge on any atom is 0.215 e. The molecule has 0 aliphatic heterocycles. The fraction of sp³-hybridized carbons (Fsp3) is 0.462. The van der Waals surface area contributed by atoms with E-state index in [1.165, 1.54) is 0 Å². The summed E-state index contributed by atoms with van der Waals surface area (Å²) in [5.74, 6) is -0.0799. The molecular formula is C13H20N2O3S2. The van der Waals surface area contributed by atoms with Crippen LogP contribution in [0.1, 0.15) is 25.0 Å². The highest BCUT2D eigenvalue weighted by molar-refractivity contribution is 7.88. The van der Waals surface area contributed by atoms with Gasteiger partial charge in [0, 0.05) is 18.7 Å². The Kier molecular flexibility index (Phi) is 6.54. The van der Waals surface area contributed by atoms with Crippen LogP contribution in [0, 0.1) is 0 Å². The number of nitrogens with one attached hydrogen (secondary N) is 1. The minimum Gasteiger partial charge on any atom is -0.389 e. The predicted octanol–water partition coefficient (Wildman–Crippen LogP) is 1.17. The van der Waals surface area contributed by atoms with Gasteiger partial charge in [-0.05, 0) is 19.4 Å². The summed E-state index contributed by atoms with van der Waals surface area (Å²) < 4.78 is 31.6. The molecule has 0 saturated heterocycles. The van der Waals surface area contributed by atoms with Crippen LogP contribution in [0.2, 0.25) is 0 Å². The van der Waals surface area contributed by atoms with E-state index < -0.39 is 10.0 Å². The van der Waals surface area contributed by atoms with Crippen LogP contribution in [0.15, 0.2) is 24.3 Å². The molecule has 1 aromatic rings. The molecule has 0 amide bonds. The van der Waals surface area contributed by atoms with Crippen molar-refractivity contribution in [3.63, 3.8) is 0 Å². The zero-order valence-electron chi connectivity index (χ0n) is 11.6. The van der Waals surface area contributed by atoms with Crippen LogP contribution in [0.25, 0.3) is 0 Å². The summed E-state index contributed by atoms with van der Waals surface area (Å²) in [5, 5.41) is 0. The molecule has 0 heterocycles. The van der Waals surface area contributed by atoms with Gasteiger partial charge < -0.3 is 10.5 Å². The molecule has 0 bridgehead atoms. The van der Waals surface area contributed by atoms with E-state index in [-0.39, 0.29) is 18.4 Å². The Balaban J connectivity index is 2.59. The van der Waals surface area contributed by atoms with Crippen molar-refractivity contribution in [1.29, 1.82) is 0 Å². The van der Waals surface area contributed by atoms with Gasteiger partial charge in [-0.1, -0.05) is 36.5 Å². The Bertz CT molecular complexity index is 541. The Morgan fingerprint density at radius 3 is 2.50 bits per heavy atom. The maximum atomic E-state index is 11.9. The molecule has 1 atom stereocenters. The van der Waals surface area contributed by atoms with E-state index in [0.29, 0.717) is 17.2 Å². The molecular weight excluding hydrogens is 296 g/mol. The van der Waals surface area contributed by atoms with Gasteiger partial charge in [-0.3, -0.25) is 0 Å². The zero-order chi connectivity index (χ0) is 15.2. The van der Waals surface area contributed by atoms with Crippen molar-refractivity contribution in [3.8, 4) is 0 Å². The highest BCUT2D eigenvalue weighted by atomic mass is 32.2. The van der Waals surface area contributed by atoms with Crippen LogP contribution in [0.3, 0.4) is 0 Å². The number of benzene rings is 1. The highest BCUT2D eigenvalue weighted by Gasteiger charge is 2.13. The molecule has 0 radical (unpaired) electrons. The van der Waals surface area contributed by atoms with E-state index in [2.05, 4.69) is 4.72 Å². The second kappa shape index (κ2) is 7.68. The highest BCUT2D eigenvalue weighted by Crippen LogP contribution is 2.08. The third-order valence-electron chi connectivity index (χ3n) is 2.64. The van der Waals surface area contributed by atoms with Gasteiger partial charge >= 0.3 is 0 Å². The van der Waals surface area contributed by atoms with Gasteiger partial charge in [0.1, 0.15) is 4.99 Å². The lowest BCUT2D eigenvalue weighted by Gasteiger charge is -2.13. The van der Waals surface area contributed by atoms with Crippen LogP contribution in [-0.2, 0) is 20.5 Å². The van der Waals surface area contributed by atoms with Gasteiger partial charge in [0.15, 0.2) is 0 Å². The number of hydrogen-bond acceptors (Lipinski definition) is 4. The minimum atomic E-state index is -3.38. The van der Waals surface area contributed by atoms with E-state index in [1.807, 2.05) is 13.8 Å². The maximum absolute atomic E-state index is 11.9. The van der Waals surface area contributed by atoms with E-state index in [4.69, 9.17) is 22.7 Å². The van der Waals surface area contributed by atoms with Crippen LogP contribution in [0.5, 0.6) is 0 Å². The number of hydrogen-bond donors (Lipinski definition) is 2. The second-order valence-corrected chi connectivity index (χ2v) is 6.68. The first-order valence-electron chi connectivity index (χ1n) is 6.31. The first kappa shape index (κ1) is 17.0. The minimum absolute atomic E-state index is 0.0799. The SMILES string of the molecule is CCOC(C)CNS(=O)(=O)Cc1ccc(C(N)=S)cc1. The first-order valence-corrected chi connectivity index (χ1v) is 8.38. The molecule has 7 heteroatoms. The molecule has 1 rings (SSSR count). The average Bonchev–Trinajstić information content (AvgIpc) is 2.37. The Labute approximate surface area is 125 Å². The average molecular weight is 316 g/mol. The Morgan fingerprint density at radius 1 is 1.40 bits per heavy atom. The van der Waals surface area contributed by atoms with Gasteiger partial charge in [0.05, 0.1) is 11.9 Å². The molecule has 3 N–H and O–H groups in total. The normalized spacial score (nSPS) is 13.1. The smallest absolute Gasteiger partial charge is 0.215 e. The standard InChI is InChI=1S/C13H20N2O3S2/c1-3-18-10(2)8-15-20(16,17)9-11-4-6-12(7-5-11)13(14)19/h4-7,10,15H,3,8-9H2,1-2H3,(H2,14,19). The van der Waals surface area contributed by atoms with E-state index >= 15 is 0 Å². The third kappa shape index (κ3) is 5.96. The van der Waals surface area contributed by atoms with Crippen LogP contribution in [0.4, 0.5) is 0 Å². The monoisotopic (exact) mass is 316 g/mol. The Morgan fingerprint density at radius 2 is 2.00 bits per heavy atom. The topological polar surface area (TPSA) is 81.4 Å². The van der Waals surface area contributed by atoms with Crippen molar-refractivity contribution in [2.45, 2.75) is 25.7 Å². The summed E-state index contributed by atoms with van der Waals surface area (Å²) in [5.41, 5.74) is 6.89. The number of rotatable bonds is 8. The van der Waals surface area contributed by atoms with Gasteiger partial charge in [0.2, 0.25) is 10.0 Å². The van der Waals surface area contributed by atoms with Crippen molar-refractivity contribution >= 4 is 27.2 Å². The fourth-order valence-electron chi connectivity index (χ4n) is 1.62. The molecule has 0 saturated carbocycles. The van der Waals surface area contributed by atoms with Gasteiger partial charge in [-0.25, -0.2) is 13.1 Å².